The van der Waals surface area contributed by atoms with Gasteiger partial charge < -0.3 is 10.2 Å². The summed E-state index contributed by atoms with van der Waals surface area (Å²) >= 11 is 6.01. The molecule has 0 bridgehead atoms. The standard InChI is InChI=1S/C20H22ClF3N4O3S/c21-17-11-15(20(22,23)24)12-27-18(17)28-9-6-14(7-10-28)19(29)26-8-5-13-1-3-16(4-2-13)32(25,30)31/h1-4,11-12,14H,5-10H2,(H,26,29)(H2,25,30,31). The lowest BCUT2D eigenvalue weighted by atomic mass is 9.95. The van der Waals surface area contributed by atoms with Crippen molar-refractivity contribution in [2.45, 2.75) is 30.3 Å². The first-order valence-electron chi connectivity index (χ1n) is 9.82. The van der Waals surface area contributed by atoms with E-state index in [9.17, 15) is 26.4 Å². The van der Waals surface area contributed by atoms with E-state index in [0.29, 0.717) is 38.9 Å². The monoisotopic (exact) mass is 490 g/mol. The zero-order chi connectivity index (χ0) is 23.5. The second-order valence-electron chi connectivity index (χ2n) is 7.52. The number of sulfonamides is 1. The van der Waals surface area contributed by atoms with Gasteiger partial charge in [-0.15, -0.1) is 0 Å². The number of nitrogens with one attached hydrogen (secondary N) is 1. The van der Waals surface area contributed by atoms with Gasteiger partial charge >= 0.3 is 6.18 Å². The minimum atomic E-state index is -4.51. The molecule has 1 aliphatic heterocycles. The molecule has 2 aromatic rings. The highest BCUT2D eigenvalue weighted by molar-refractivity contribution is 7.89. The summed E-state index contributed by atoms with van der Waals surface area (Å²) < 4.78 is 60.9. The van der Waals surface area contributed by atoms with Crippen LogP contribution in [0.4, 0.5) is 19.0 Å². The minimum absolute atomic E-state index is 0.0275. The average Bonchev–Trinajstić information content (AvgIpc) is 2.73. The maximum absolute atomic E-state index is 12.8. The van der Waals surface area contributed by atoms with Crippen LogP contribution in [0.1, 0.15) is 24.0 Å². The summed E-state index contributed by atoms with van der Waals surface area (Å²) in [6.07, 6.45) is -2.18. The summed E-state index contributed by atoms with van der Waals surface area (Å²) in [5, 5.41) is 7.86. The molecule has 0 saturated carbocycles. The van der Waals surface area contributed by atoms with E-state index >= 15 is 0 Å². The molecule has 0 atom stereocenters. The lowest BCUT2D eigenvalue weighted by molar-refractivity contribution is -0.137. The van der Waals surface area contributed by atoms with Crippen LogP contribution in [-0.2, 0) is 27.4 Å². The lowest BCUT2D eigenvalue weighted by Gasteiger charge is -2.32. The van der Waals surface area contributed by atoms with E-state index in [0.717, 1.165) is 17.8 Å². The summed E-state index contributed by atoms with van der Waals surface area (Å²) in [6, 6.07) is 6.99. The first-order chi connectivity index (χ1) is 14.9. The smallest absolute Gasteiger partial charge is 0.356 e. The Morgan fingerprint density at radius 3 is 2.38 bits per heavy atom. The molecule has 1 aromatic carbocycles. The largest absolute Gasteiger partial charge is 0.417 e. The van der Waals surface area contributed by atoms with Crippen molar-refractivity contribution in [1.29, 1.82) is 0 Å². The number of nitrogens with zero attached hydrogens (tertiary/aromatic N) is 2. The summed E-state index contributed by atoms with van der Waals surface area (Å²) in [4.78, 5) is 18.1. The van der Waals surface area contributed by atoms with Gasteiger partial charge in [0.05, 0.1) is 15.5 Å². The number of hydrogen-bond donors (Lipinski definition) is 2. The van der Waals surface area contributed by atoms with Crippen LogP contribution in [0.3, 0.4) is 0 Å². The summed E-state index contributed by atoms with van der Waals surface area (Å²) in [5.74, 6) is -0.0389. The quantitative estimate of drug-likeness (QED) is 0.647. The molecule has 1 fully saturated rings. The van der Waals surface area contributed by atoms with Crippen molar-refractivity contribution in [3.05, 3.63) is 52.7 Å². The van der Waals surface area contributed by atoms with Crippen molar-refractivity contribution in [3.8, 4) is 0 Å². The Morgan fingerprint density at radius 2 is 1.84 bits per heavy atom. The van der Waals surface area contributed by atoms with Gasteiger partial charge in [0.2, 0.25) is 15.9 Å². The molecule has 0 aliphatic carbocycles. The number of amides is 1. The van der Waals surface area contributed by atoms with Gasteiger partial charge in [0, 0.05) is 31.7 Å². The van der Waals surface area contributed by atoms with E-state index in [1.807, 2.05) is 0 Å². The zero-order valence-corrected chi connectivity index (χ0v) is 18.5. The maximum atomic E-state index is 12.8. The van der Waals surface area contributed by atoms with Crippen molar-refractivity contribution in [1.82, 2.24) is 10.3 Å². The first-order valence-corrected chi connectivity index (χ1v) is 11.7. The highest BCUT2D eigenvalue weighted by Gasteiger charge is 2.33. The van der Waals surface area contributed by atoms with Crippen LogP contribution in [0.5, 0.6) is 0 Å². The number of carbonyl (C=O) groups excluding carboxylic acids is 1. The number of aromatic nitrogens is 1. The molecule has 174 valence electrons. The number of halogens is 4. The van der Waals surface area contributed by atoms with E-state index in [1.54, 1.807) is 17.0 Å². The molecule has 2 heterocycles. The van der Waals surface area contributed by atoms with Crippen LogP contribution in [0.2, 0.25) is 5.02 Å². The van der Waals surface area contributed by atoms with E-state index in [-0.39, 0.29) is 27.6 Å². The molecule has 1 amide bonds. The Balaban J connectivity index is 1.47. The molecule has 1 aromatic heterocycles. The van der Waals surface area contributed by atoms with Crippen LogP contribution < -0.4 is 15.4 Å². The third-order valence-electron chi connectivity index (χ3n) is 5.28. The molecule has 32 heavy (non-hydrogen) atoms. The number of primary sulfonamides is 1. The van der Waals surface area contributed by atoms with Gasteiger partial charge in [-0.2, -0.15) is 13.2 Å². The number of piperidine rings is 1. The third kappa shape index (κ3) is 6.11. The summed E-state index contributed by atoms with van der Waals surface area (Å²) in [6.45, 7) is 1.29. The number of anilines is 1. The van der Waals surface area contributed by atoms with Crippen molar-refractivity contribution in [3.63, 3.8) is 0 Å². The van der Waals surface area contributed by atoms with Crippen molar-refractivity contribution in [2.24, 2.45) is 11.1 Å². The molecule has 1 aliphatic rings. The fourth-order valence-corrected chi connectivity index (χ4v) is 4.29. The molecule has 3 N–H and O–H groups in total. The molecule has 3 rings (SSSR count). The predicted molar refractivity (Wildman–Crippen MR) is 114 cm³/mol. The molecule has 1 saturated heterocycles. The Labute approximate surface area is 188 Å². The van der Waals surface area contributed by atoms with Gasteiger partial charge in [-0.05, 0) is 43.0 Å². The van der Waals surface area contributed by atoms with Crippen LogP contribution >= 0.6 is 11.6 Å². The molecule has 12 heteroatoms. The predicted octanol–water partition coefficient (Wildman–Crippen LogP) is 2.98. The molecule has 7 nitrogen and oxygen atoms in total. The van der Waals surface area contributed by atoms with E-state index in [1.165, 1.54) is 12.1 Å². The number of carbonyl (C=O) groups is 1. The number of pyridine rings is 1. The highest BCUT2D eigenvalue weighted by Crippen LogP contribution is 2.34. The number of benzene rings is 1. The van der Waals surface area contributed by atoms with Gasteiger partial charge in [-0.3, -0.25) is 4.79 Å². The van der Waals surface area contributed by atoms with Gasteiger partial charge in [0.15, 0.2) is 0 Å². The van der Waals surface area contributed by atoms with E-state index < -0.39 is 21.8 Å². The fourth-order valence-electron chi connectivity index (χ4n) is 3.49. The third-order valence-corrected chi connectivity index (χ3v) is 6.49. The Morgan fingerprint density at radius 1 is 1.22 bits per heavy atom. The average molecular weight is 491 g/mol. The molecular formula is C20H22ClF3N4O3S. The van der Waals surface area contributed by atoms with Crippen LogP contribution in [0, 0.1) is 5.92 Å². The fraction of sp³-hybridized carbons (Fsp3) is 0.400. The van der Waals surface area contributed by atoms with Crippen LogP contribution in [-0.4, -0.2) is 38.9 Å². The second kappa shape index (κ2) is 9.63. The van der Waals surface area contributed by atoms with Gasteiger partial charge in [-0.25, -0.2) is 18.5 Å². The molecule has 0 unspecified atom stereocenters. The molecular weight excluding hydrogens is 469 g/mol. The van der Waals surface area contributed by atoms with Crippen molar-refractivity contribution in [2.75, 3.05) is 24.5 Å². The molecule has 0 radical (unpaired) electrons. The lowest BCUT2D eigenvalue weighted by Crippen LogP contribution is -2.41. The van der Waals surface area contributed by atoms with Crippen molar-refractivity contribution < 1.29 is 26.4 Å². The first kappa shape index (κ1) is 24.3. The van der Waals surface area contributed by atoms with Crippen LogP contribution in [0.25, 0.3) is 0 Å². The highest BCUT2D eigenvalue weighted by atomic mass is 35.5. The van der Waals surface area contributed by atoms with Gasteiger partial charge in [0.1, 0.15) is 5.82 Å². The summed E-state index contributed by atoms with van der Waals surface area (Å²) in [5.41, 5.74) is -0.0460. The number of hydrogen-bond acceptors (Lipinski definition) is 5. The number of rotatable bonds is 6. The van der Waals surface area contributed by atoms with E-state index in [4.69, 9.17) is 16.7 Å². The summed E-state index contributed by atoms with van der Waals surface area (Å²) in [7, 11) is -3.74. The minimum Gasteiger partial charge on any atom is -0.356 e. The maximum Gasteiger partial charge on any atom is 0.417 e. The van der Waals surface area contributed by atoms with Crippen molar-refractivity contribution >= 4 is 33.3 Å². The van der Waals surface area contributed by atoms with Gasteiger partial charge in [-0.1, -0.05) is 23.7 Å². The Hall–Kier alpha value is -2.37. The molecule has 0 spiro atoms. The Kier molecular flexibility index (Phi) is 7.31. The number of alkyl halides is 3. The second-order valence-corrected chi connectivity index (χ2v) is 9.49. The number of nitrogens with two attached hydrogens (primary N) is 1. The topological polar surface area (TPSA) is 105 Å². The SMILES string of the molecule is NS(=O)(=O)c1ccc(CCNC(=O)C2CCN(c3ncc(C(F)(F)F)cc3Cl)CC2)cc1. The van der Waals surface area contributed by atoms with Gasteiger partial charge in [0.25, 0.3) is 0 Å². The Bertz CT molecular complexity index is 1070. The van der Waals surface area contributed by atoms with E-state index in [2.05, 4.69) is 10.3 Å². The zero-order valence-electron chi connectivity index (χ0n) is 16.9. The normalized spacial score (nSPS) is 15.6. The van der Waals surface area contributed by atoms with Crippen LogP contribution in [0.15, 0.2) is 41.4 Å².